The molecule has 0 aromatic rings. The number of aliphatic hydroxyl groups excluding tert-OH is 1. The molecule has 0 saturated heterocycles. The van der Waals surface area contributed by atoms with E-state index in [1.165, 1.54) is 43.3 Å². The van der Waals surface area contributed by atoms with Gasteiger partial charge in [-0.3, -0.25) is 0 Å². The first kappa shape index (κ1) is 22.6. The van der Waals surface area contributed by atoms with Gasteiger partial charge in [-0.15, -0.1) is 0 Å². The van der Waals surface area contributed by atoms with Gasteiger partial charge in [0.1, 0.15) is 0 Å². The van der Waals surface area contributed by atoms with Gasteiger partial charge in [-0.25, -0.2) is 0 Å². The molecule has 1 saturated carbocycles. The van der Waals surface area contributed by atoms with E-state index in [1.807, 2.05) is 0 Å². The van der Waals surface area contributed by atoms with Crippen LogP contribution in [0.4, 0.5) is 0 Å². The molecule has 29 heavy (non-hydrogen) atoms. The van der Waals surface area contributed by atoms with Crippen molar-refractivity contribution >= 4 is 0 Å². The Morgan fingerprint density at radius 3 is 2.41 bits per heavy atom. The van der Waals surface area contributed by atoms with Gasteiger partial charge in [0.05, 0.1) is 6.10 Å². The maximum atomic E-state index is 10.1. The van der Waals surface area contributed by atoms with Crippen molar-refractivity contribution in [3.63, 3.8) is 0 Å². The van der Waals surface area contributed by atoms with Crippen LogP contribution in [0.3, 0.4) is 0 Å². The van der Waals surface area contributed by atoms with E-state index in [0.717, 1.165) is 31.1 Å². The molecule has 162 valence electrons. The summed E-state index contributed by atoms with van der Waals surface area (Å²) in [6, 6.07) is 0. The maximum Gasteiger partial charge on any atom is 0.0583 e. The van der Waals surface area contributed by atoms with Crippen LogP contribution >= 0.6 is 0 Å². The molecule has 0 heterocycles. The van der Waals surface area contributed by atoms with Gasteiger partial charge in [-0.05, 0) is 98.5 Å². The number of hydrogen-bond acceptors (Lipinski definition) is 1. The Morgan fingerprint density at radius 2 is 1.69 bits per heavy atom. The molecule has 3 rings (SSSR count). The van der Waals surface area contributed by atoms with E-state index in [2.05, 4.69) is 65.8 Å². The average Bonchev–Trinajstić information content (AvgIpc) is 3.04. The molecular weight excluding hydrogens is 352 g/mol. The third kappa shape index (κ3) is 4.98. The van der Waals surface area contributed by atoms with Crippen LogP contribution in [-0.4, -0.2) is 11.2 Å². The average molecular weight is 397 g/mol. The van der Waals surface area contributed by atoms with Crippen LogP contribution in [0.1, 0.15) is 92.9 Å². The lowest BCUT2D eigenvalue weighted by Gasteiger charge is -2.40. The Labute approximate surface area is 180 Å². The van der Waals surface area contributed by atoms with Gasteiger partial charge < -0.3 is 5.11 Å². The molecule has 5 atom stereocenters. The second-order valence-electron chi connectivity index (χ2n) is 10.8. The van der Waals surface area contributed by atoms with Gasteiger partial charge in [0, 0.05) is 0 Å². The number of rotatable bonds is 6. The van der Waals surface area contributed by atoms with Crippen LogP contribution < -0.4 is 0 Å². The standard InChI is InChI=1S/C28H44O/c1-19(2)20(3)9-10-22(5)26-15-16-27-23(8-7-17-28(26,27)6)12-13-24-18-25(29)14-11-21(24)4/h9-10,12-13,19-20,22,25-26,29H,7-8,11,14-18H2,1-6H3/b10-9+,13-12+. The Hall–Kier alpha value is -1.08. The fraction of sp³-hybridized carbons (Fsp3) is 0.714. The van der Waals surface area contributed by atoms with Crippen LogP contribution in [0.25, 0.3) is 0 Å². The molecule has 1 fully saturated rings. The van der Waals surface area contributed by atoms with Crippen molar-refractivity contribution in [2.24, 2.45) is 29.1 Å². The minimum Gasteiger partial charge on any atom is -0.393 e. The zero-order valence-corrected chi connectivity index (χ0v) is 19.8. The molecule has 5 unspecified atom stereocenters. The SMILES string of the molecule is CC1=C(/C=C/C2=C3CCC(C(C)/C=C/C(C)C(C)C)C3(C)CCC2)CC(O)CC1. The quantitative estimate of drug-likeness (QED) is 0.454. The predicted octanol–water partition coefficient (Wildman–Crippen LogP) is 7.79. The Bertz CT molecular complexity index is 704. The second-order valence-corrected chi connectivity index (χ2v) is 10.8. The van der Waals surface area contributed by atoms with Crippen molar-refractivity contribution in [1.82, 2.24) is 0 Å². The van der Waals surface area contributed by atoms with Crippen molar-refractivity contribution in [3.8, 4) is 0 Å². The first-order valence-electron chi connectivity index (χ1n) is 12.2. The molecule has 0 radical (unpaired) electrons. The second kappa shape index (κ2) is 9.38. The van der Waals surface area contributed by atoms with E-state index >= 15 is 0 Å². The van der Waals surface area contributed by atoms with Gasteiger partial charge in [0.15, 0.2) is 0 Å². The number of fused-ring (bicyclic) bond motifs is 1. The minimum atomic E-state index is -0.149. The highest BCUT2D eigenvalue weighted by atomic mass is 16.3. The van der Waals surface area contributed by atoms with Crippen LogP contribution in [0, 0.1) is 29.1 Å². The summed E-state index contributed by atoms with van der Waals surface area (Å²) in [5.41, 5.74) is 6.57. The zero-order chi connectivity index (χ0) is 21.2. The summed E-state index contributed by atoms with van der Waals surface area (Å²) in [6.45, 7) is 14.2. The highest BCUT2D eigenvalue weighted by Crippen LogP contribution is 2.57. The fourth-order valence-electron chi connectivity index (χ4n) is 6.01. The number of hydrogen-bond donors (Lipinski definition) is 1. The number of aliphatic hydroxyl groups is 1. The monoisotopic (exact) mass is 396 g/mol. The Morgan fingerprint density at radius 1 is 0.966 bits per heavy atom. The largest absolute Gasteiger partial charge is 0.393 e. The molecule has 0 aliphatic heterocycles. The molecule has 1 nitrogen and oxygen atoms in total. The van der Waals surface area contributed by atoms with Gasteiger partial charge in [0.25, 0.3) is 0 Å². The zero-order valence-electron chi connectivity index (χ0n) is 19.8. The van der Waals surface area contributed by atoms with Crippen LogP contribution in [0.2, 0.25) is 0 Å². The lowest BCUT2D eigenvalue weighted by Crippen LogP contribution is -2.30. The molecule has 0 aromatic carbocycles. The fourth-order valence-corrected chi connectivity index (χ4v) is 6.01. The van der Waals surface area contributed by atoms with Crippen LogP contribution in [0.5, 0.6) is 0 Å². The van der Waals surface area contributed by atoms with Gasteiger partial charge in [-0.1, -0.05) is 70.1 Å². The van der Waals surface area contributed by atoms with E-state index in [-0.39, 0.29) is 6.10 Å². The van der Waals surface area contributed by atoms with E-state index in [4.69, 9.17) is 0 Å². The van der Waals surface area contributed by atoms with Crippen molar-refractivity contribution in [2.75, 3.05) is 0 Å². The summed E-state index contributed by atoms with van der Waals surface area (Å²) in [4.78, 5) is 0. The molecule has 1 N–H and O–H groups in total. The van der Waals surface area contributed by atoms with Gasteiger partial charge >= 0.3 is 0 Å². The van der Waals surface area contributed by atoms with Crippen LogP contribution in [-0.2, 0) is 0 Å². The van der Waals surface area contributed by atoms with Crippen molar-refractivity contribution in [2.45, 2.75) is 99.0 Å². The highest BCUT2D eigenvalue weighted by molar-refractivity contribution is 5.40. The highest BCUT2D eigenvalue weighted by Gasteiger charge is 2.46. The molecule has 3 aliphatic rings. The summed E-state index contributed by atoms with van der Waals surface area (Å²) in [6.07, 6.45) is 18.9. The molecule has 0 bridgehead atoms. The smallest absolute Gasteiger partial charge is 0.0583 e. The lowest BCUT2D eigenvalue weighted by atomic mass is 9.65. The van der Waals surface area contributed by atoms with E-state index in [0.29, 0.717) is 17.3 Å². The van der Waals surface area contributed by atoms with Crippen molar-refractivity contribution < 1.29 is 5.11 Å². The van der Waals surface area contributed by atoms with Crippen LogP contribution in [0.15, 0.2) is 46.6 Å². The molecular formula is C28H44O. The van der Waals surface area contributed by atoms with E-state index in [9.17, 15) is 5.11 Å². The summed E-state index contributed by atoms with van der Waals surface area (Å²) < 4.78 is 0. The molecule has 1 heteroatoms. The summed E-state index contributed by atoms with van der Waals surface area (Å²) in [5.74, 6) is 2.80. The van der Waals surface area contributed by atoms with Gasteiger partial charge in [-0.2, -0.15) is 0 Å². The van der Waals surface area contributed by atoms with Crippen molar-refractivity contribution in [1.29, 1.82) is 0 Å². The summed E-state index contributed by atoms with van der Waals surface area (Å²) in [7, 11) is 0. The Kier molecular flexibility index (Phi) is 7.31. The predicted molar refractivity (Wildman–Crippen MR) is 126 cm³/mol. The molecule has 3 aliphatic carbocycles. The maximum absolute atomic E-state index is 10.1. The summed E-state index contributed by atoms with van der Waals surface area (Å²) >= 11 is 0. The third-order valence-corrected chi connectivity index (χ3v) is 8.49. The van der Waals surface area contributed by atoms with Gasteiger partial charge in [0.2, 0.25) is 0 Å². The van der Waals surface area contributed by atoms with Crippen molar-refractivity contribution in [3.05, 3.63) is 46.6 Å². The topological polar surface area (TPSA) is 20.2 Å². The number of allylic oxidation sites excluding steroid dienone is 7. The van der Waals surface area contributed by atoms with E-state index < -0.39 is 0 Å². The molecule has 0 aromatic heterocycles. The molecule has 0 amide bonds. The normalized spacial score (nSPS) is 33.2. The first-order valence-corrected chi connectivity index (χ1v) is 12.2. The van der Waals surface area contributed by atoms with E-state index in [1.54, 1.807) is 11.1 Å². The lowest BCUT2D eigenvalue weighted by molar-refractivity contribution is 0.159. The third-order valence-electron chi connectivity index (χ3n) is 8.49. The molecule has 0 spiro atoms. The summed E-state index contributed by atoms with van der Waals surface area (Å²) in [5, 5.41) is 10.1. The Balaban J connectivity index is 1.79. The minimum absolute atomic E-state index is 0.149. The first-order chi connectivity index (χ1) is 13.7.